The molecule has 34 heteroatoms. The highest BCUT2D eigenvalue weighted by atomic mass is 35.5. The number of phenolic OH excluding ortho intramolecular Hbond substituents is 5. The molecule has 14 rings (SSSR count). The highest BCUT2D eigenvalue weighted by molar-refractivity contribution is 6.33. The quantitative estimate of drug-likeness (QED) is 0.0474. The molecule has 111 heavy (non-hydrogen) atoms. The molecule has 7 amide bonds. The molecule has 0 radical (unpaired) electrons. The number of unbranched alkanes of at least 4 members (excludes halogenated alkanes) is 5. The fraction of sp³-hybridized carbons (Fsp3) is 0.338. The Labute approximate surface area is 641 Å². The minimum Gasteiger partial charge on any atom is -0.508 e. The van der Waals surface area contributed by atoms with Crippen LogP contribution in [0.1, 0.15) is 140 Å². The maximum absolute atomic E-state index is 16.4. The molecule has 18 N–H and O–H groups in total. The van der Waals surface area contributed by atoms with Gasteiger partial charge in [0.1, 0.15) is 101 Å². The molecule has 1 fully saturated rings. The number of rotatable bonds is 15. The first-order chi connectivity index (χ1) is 52.9. The largest absolute Gasteiger partial charge is 0.508 e. The van der Waals surface area contributed by atoms with Gasteiger partial charge in [-0.1, -0.05) is 106 Å². The molecule has 32 nitrogen and oxygen atoms in total. The lowest BCUT2D eigenvalue weighted by Gasteiger charge is -2.41. The van der Waals surface area contributed by atoms with Crippen LogP contribution in [0.4, 0.5) is 0 Å². The van der Waals surface area contributed by atoms with E-state index in [1.807, 2.05) is 0 Å². The number of aromatic hydroxyl groups is 5. The van der Waals surface area contributed by atoms with Crippen molar-refractivity contribution in [3.05, 3.63) is 164 Å². The Hall–Kier alpha value is -11.7. The van der Waals surface area contributed by atoms with E-state index in [1.165, 1.54) is 49.5 Å². The van der Waals surface area contributed by atoms with Crippen LogP contribution in [0.5, 0.6) is 69.0 Å². The van der Waals surface area contributed by atoms with Gasteiger partial charge in [0, 0.05) is 47.2 Å². The Bertz CT molecular complexity index is 4840. The summed E-state index contributed by atoms with van der Waals surface area (Å²) in [5, 5.41) is 134. The number of carboxylic acids is 2. The van der Waals surface area contributed by atoms with E-state index in [9.17, 15) is 75.0 Å². The van der Waals surface area contributed by atoms with Gasteiger partial charge in [-0.25, -0.2) is 9.59 Å². The molecule has 0 spiro atoms. The second-order valence-electron chi connectivity index (χ2n) is 27.8. The number of nitrogens with one attached hydrogen (secondary N) is 8. The van der Waals surface area contributed by atoms with Crippen LogP contribution in [0.25, 0.3) is 11.1 Å². The topological polar surface area (TPSA) is 498 Å². The Morgan fingerprint density at radius 1 is 0.550 bits per heavy atom. The van der Waals surface area contributed by atoms with Crippen molar-refractivity contribution >= 4 is 76.5 Å². The molecule has 7 aromatic carbocycles. The molecule has 13 atom stereocenters. The predicted molar refractivity (Wildman–Crippen MR) is 391 cm³/mol. The van der Waals surface area contributed by atoms with Crippen molar-refractivity contribution in [3.63, 3.8) is 0 Å². The van der Waals surface area contributed by atoms with Crippen LogP contribution in [0, 0.1) is 5.92 Å². The van der Waals surface area contributed by atoms with Gasteiger partial charge in [0.15, 0.2) is 35.1 Å². The molecule has 7 aliphatic rings. The summed E-state index contributed by atoms with van der Waals surface area (Å²) in [5.74, 6) is -18.1. The van der Waals surface area contributed by atoms with Gasteiger partial charge in [-0.15, -0.1) is 0 Å². The summed E-state index contributed by atoms with van der Waals surface area (Å²) in [7, 11) is 1.43. The Morgan fingerprint density at radius 3 is 1.87 bits per heavy atom. The van der Waals surface area contributed by atoms with Crippen LogP contribution < -0.4 is 61.5 Å². The SMILES string of the molecule is CN[C@@H]1C(=O)N[C@@H]2Cc3ccc(cc3)Oc3cc4cc(c3O[C@@H]3O[C@H](C(=O)O)[C@@H](O)[C@H](O)[C@H]3NC(=O)CCCCCCCCC(C)C)Oc3ccc(cc3Cl)[C@@H](O)[C@@H]3NC(=O)[C@H](NC(=O)[C@@H]4NC(=O)[C@@H](NC2=O)c2cc(cc(O)c2Cl)Oc2cc1ccc2O)c1ccc(O)c(c1)-c1c(O)cc(O)cc1[C@@H](C(=O)O)NC3=O. The zero-order valence-corrected chi connectivity index (χ0v) is 60.9. The average Bonchev–Trinajstić information content (AvgIpc) is 0.754. The molecule has 7 aliphatic heterocycles. The summed E-state index contributed by atoms with van der Waals surface area (Å²) >= 11 is 14.1. The number of carboxylic acid groups (broad SMARTS) is 2. The number of fused-ring (bicyclic) bond motifs is 14. The van der Waals surface area contributed by atoms with E-state index in [2.05, 4.69) is 56.4 Å². The molecule has 0 saturated carbocycles. The van der Waals surface area contributed by atoms with E-state index >= 15 is 19.2 Å². The summed E-state index contributed by atoms with van der Waals surface area (Å²) in [5.41, 5.74) is -2.67. The van der Waals surface area contributed by atoms with Crippen LogP contribution in [-0.2, 0) is 54.3 Å². The Morgan fingerprint density at radius 2 is 1.18 bits per heavy atom. The third-order valence-corrected chi connectivity index (χ3v) is 20.3. The van der Waals surface area contributed by atoms with Crippen molar-refractivity contribution in [2.24, 2.45) is 5.92 Å². The van der Waals surface area contributed by atoms with Crippen LogP contribution in [0.2, 0.25) is 10.0 Å². The molecule has 7 heterocycles. The van der Waals surface area contributed by atoms with Crippen LogP contribution in [-0.4, -0.2) is 154 Å². The maximum atomic E-state index is 16.4. The number of amides is 7. The summed E-state index contributed by atoms with van der Waals surface area (Å²) in [6.07, 6.45) is -5.82. The van der Waals surface area contributed by atoms with Crippen molar-refractivity contribution in [3.8, 4) is 80.1 Å². The van der Waals surface area contributed by atoms with E-state index < -0.39 is 222 Å². The number of aliphatic hydroxyl groups excluding tert-OH is 3. The predicted octanol–water partition coefficient (Wildman–Crippen LogP) is 6.71. The van der Waals surface area contributed by atoms with Gasteiger partial charge in [-0.2, -0.15) is 0 Å². The lowest BCUT2D eigenvalue weighted by molar-refractivity contribution is -0.241. The van der Waals surface area contributed by atoms with E-state index in [-0.39, 0.29) is 46.8 Å². The van der Waals surface area contributed by atoms with Gasteiger partial charge in [-0.05, 0) is 120 Å². The lowest BCUT2D eigenvalue weighted by atomic mass is 9.89. The van der Waals surface area contributed by atoms with Crippen molar-refractivity contribution in [2.45, 2.75) is 151 Å². The Kier molecular flexibility index (Phi) is 23.7. The number of carbonyl (C=O) groups excluding carboxylic acids is 7. The molecule has 1 saturated heterocycles. The number of phenols is 5. The van der Waals surface area contributed by atoms with E-state index in [1.54, 1.807) is 0 Å². The number of ether oxygens (including phenoxy) is 5. The second kappa shape index (κ2) is 33.3. The number of aliphatic hydroxyl groups is 3. The number of halogens is 2. The number of carbonyl (C=O) groups is 9. The highest BCUT2D eigenvalue weighted by Crippen LogP contribution is 2.50. The lowest BCUT2D eigenvalue weighted by Crippen LogP contribution is -2.66. The minimum absolute atomic E-state index is 0.117. The summed E-state index contributed by atoms with van der Waals surface area (Å²) in [6.45, 7) is 4.27. The third kappa shape index (κ3) is 17.2. The summed E-state index contributed by atoms with van der Waals surface area (Å²) < 4.78 is 32.1. The smallest absolute Gasteiger partial charge is 0.335 e. The van der Waals surface area contributed by atoms with Crippen molar-refractivity contribution < 1.29 is 118 Å². The van der Waals surface area contributed by atoms with Gasteiger partial charge in [-0.3, -0.25) is 33.6 Å². The van der Waals surface area contributed by atoms with Crippen LogP contribution >= 0.6 is 23.2 Å². The Balaban J connectivity index is 1.09. The first-order valence-electron chi connectivity index (χ1n) is 35.4. The fourth-order valence-corrected chi connectivity index (χ4v) is 14.3. The number of likely N-dealkylation sites (N-methyl/N-ethyl adjacent to an activating group) is 1. The average molecular weight is 1570 g/mol. The zero-order chi connectivity index (χ0) is 79.5. The van der Waals surface area contributed by atoms with E-state index in [0.717, 1.165) is 105 Å². The number of benzene rings is 7. The van der Waals surface area contributed by atoms with Gasteiger partial charge < -0.3 is 117 Å². The van der Waals surface area contributed by atoms with Crippen LogP contribution in [0.3, 0.4) is 0 Å². The van der Waals surface area contributed by atoms with E-state index in [4.69, 9.17) is 46.9 Å². The standard InChI is InChI=1S/C77H78Cl2N8O24/c1-32(2)10-8-6-4-5-7-9-11-54(93)82-63-65(95)66(96)68(76(105)106)111-77(63)110-67-52-26-37-27-53(67)109-50-21-16-36(24-44(50)78)64(94)62-74(102)86-61(75(103)104)42-28-38(88)29-48(91)55(42)41-23-34(14-19-46(41)89)58(71(99)87-62)83-72(100)59(37)84-73(101)60-43-30-40(31-49(92)56(43)79)108-51-25-35(15-20-47(51)90)57(80-3)70(98)81-45(69(97)85-60)22-33-12-17-39(107-52)18-13-33/h12-21,23-32,45,57-66,68,77,80,88-92,94-96H,4-11,22H2,1-3H3,(H,81,98)(H,82,93)(H,83,100)(H,84,101)(H,85,97)(H,86,102)(H,87,99)(H,103,104)(H,105,106)/t45-,57+,58-,59-,60+,61+,62+,63-,64-,65-,66+,68+,77-/m1/s1. The maximum Gasteiger partial charge on any atom is 0.335 e. The number of hydrogen-bond donors (Lipinski definition) is 18. The molecule has 0 aliphatic carbocycles. The highest BCUT2D eigenvalue weighted by Gasteiger charge is 2.51. The third-order valence-electron chi connectivity index (χ3n) is 19.6. The molecule has 7 aromatic rings. The number of hydrogen-bond acceptors (Lipinski definition) is 23. The molecular weight excluding hydrogens is 1490 g/mol. The van der Waals surface area contributed by atoms with Gasteiger partial charge in [0.2, 0.25) is 53.4 Å². The van der Waals surface area contributed by atoms with Gasteiger partial charge in [0.05, 0.1) is 10.0 Å². The molecule has 0 aromatic heterocycles. The van der Waals surface area contributed by atoms with Crippen molar-refractivity contribution in [2.75, 3.05) is 7.05 Å². The van der Waals surface area contributed by atoms with Crippen molar-refractivity contribution in [1.82, 2.24) is 42.5 Å². The molecule has 0 unspecified atom stereocenters. The number of aliphatic carboxylic acids is 2. The summed E-state index contributed by atoms with van der Waals surface area (Å²) in [6, 6.07) is 5.63. The van der Waals surface area contributed by atoms with E-state index in [0.29, 0.717) is 24.3 Å². The van der Waals surface area contributed by atoms with Gasteiger partial charge in [0.25, 0.3) is 0 Å². The normalized spacial score (nSPS) is 23.8. The minimum atomic E-state index is -2.38. The second-order valence-corrected chi connectivity index (χ2v) is 28.6. The molecule has 584 valence electrons. The van der Waals surface area contributed by atoms with Gasteiger partial charge >= 0.3 is 11.9 Å². The molecule has 17 bridgehead atoms. The summed E-state index contributed by atoms with van der Waals surface area (Å²) in [4.78, 5) is 134. The fourth-order valence-electron chi connectivity index (χ4n) is 13.8. The monoisotopic (exact) mass is 1570 g/mol. The first-order valence-corrected chi connectivity index (χ1v) is 36.1. The first kappa shape index (κ1) is 78.9. The molecular formula is C77H78Cl2N8O24. The van der Waals surface area contributed by atoms with Crippen LogP contribution in [0.15, 0.2) is 115 Å². The zero-order valence-electron chi connectivity index (χ0n) is 59.4. The van der Waals surface area contributed by atoms with Crippen molar-refractivity contribution in [1.29, 1.82) is 0 Å².